The van der Waals surface area contributed by atoms with Gasteiger partial charge in [-0.15, -0.1) is 0 Å². The zero-order valence-corrected chi connectivity index (χ0v) is 38.2. The van der Waals surface area contributed by atoms with Crippen molar-refractivity contribution in [2.45, 2.75) is 0 Å². The Kier molecular flexibility index (Phi) is 9.55. The summed E-state index contributed by atoms with van der Waals surface area (Å²) in [4.78, 5) is 17.0. The molecule has 0 N–H and O–H groups in total. The lowest BCUT2D eigenvalue weighted by molar-refractivity contribution is 1.18. The van der Waals surface area contributed by atoms with Crippen LogP contribution in [0.25, 0.3) is 131 Å². The van der Waals surface area contributed by atoms with Crippen molar-refractivity contribution in [3.8, 4) is 68.3 Å². The standard InChI is InChI=1S/C64H34N8/c1-67-45-17-25-61-53(33-45)51-29-39(37-65)15-23-59(51)71(61)47-19-21-49-55(35-47)63(43-11-7-9-41(31-43)57-13-3-5-27-69-57)50-22-20-48(36-56(50)64(49)44-12-8-10-42(32-44)58-14-4-6-28-70-58)72-60-24-16-40(38-66)30-52(60)54-34-46(68-2)18-26-62(54)72/h3-36H. The monoisotopic (exact) mass is 914 g/mol. The molecule has 0 bridgehead atoms. The fourth-order valence-electron chi connectivity index (χ4n) is 10.7. The molecule has 0 aliphatic rings. The van der Waals surface area contributed by atoms with Crippen LogP contribution >= 0.6 is 0 Å². The largest absolute Gasteiger partial charge is 0.309 e. The molecule has 8 nitrogen and oxygen atoms in total. The highest BCUT2D eigenvalue weighted by Gasteiger charge is 2.23. The van der Waals surface area contributed by atoms with Gasteiger partial charge in [0.2, 0.25) is 0 Å². The summed E-state index contributed by atoms with van der Waals surface area (Å²) in [5.74, 6) is 0. The van der Waals surface area contributed by atoms with Crippen LogP contribution < -0.4 is 0 Å². The molecule has 0 saturated carbocycles. The summed E-state index contributed by atoms with van der Waals surface area (Å²) >= 11 is 0. The lowest BCUT2D eigenvalue weighted by Gasteiger charge is -2.21. The van der Waals surface area contributed by atoms with Crippen LogP contribution in [-0.4, -0.2) is 19.1 Å². The fourth-order valence-corrected chi connectivity index (χ4v) is 10.7. The maximum atomic E-state index is 10.0. The summed E-state index contributed by atoms with van der Waals surface area (Å²) in [6.07, 6.45) is 3.64. The molecule has 0 aliphatic heterocycles. The van der Waals surface area contributed by atoms with E-state index in [2.05, 4.69) is 116 Å². The fraction of sp³-hybridized carbons (Fsp3) is 0. The molecule has 0 amide bonds. The Morgan fingerprint density at radius 2 is 0.778 bits per heavy atom. The van der Waals surface area contributed by atoms with E-state index in [1.54, 1.807) is 0 Å². The van der Waals surface area contributed by atoms with Crippen LogP contribution in [0.1, 0.15) is 11.1 Å². The number of hydrogen-bond acceptors (Lipinski definition) is 4. The first-order valence-corrected chi connectivity index (χ1v) is 23.3. The molecule has 72 heavy (non-hydrogen) atoms. The van der Waals surface area contributed by atoms with Crippen molar-refractivity contribution in [3.05, 3.63) is 240 Å². The lowest BCUT2D eigenvalue weighted by atomic mass is 9.84. The zero-order valence-electron chi connectivity index (χ0n) is 38.2. The van der Waals surface area contributed by atoms with Crippen LogP contribution in [0.3, 0.4) is 0 Å². The molecular formula is C64H34N8. The van der Waals surface area contributed by atoms with E-state index in [0.29, 0.717) is 22.5 Å². The Morgan fingerprint density at radius 1 is 0.361 bits per heavy atom. The minimum absolute atomic E-state index is 0.529. The van der Waals surface area contributed by atoms with Crippen LogP contribution in [0.5, 0.6) is 0 Å². The van der Waals surface area contributed by atoms with Gasteiger partial charge in [-0.1, -0.05) is 72.8 Å². The van der Waals surface area contributed by atoms with Crippen LogP contribution in [0, 0.1) is 35.8 Å². The maximum Gasteiger partial charge on any atom is 0.188 e. The van der Waals surface area contributed by atoms with E-state index in [4.69, 9.17) is 23.1 Å². The molecule has 0 radical (unpaired) electrons. The van der Waals surface area contributed by atoms with E-state index in [-0.39, 0.29) is 0 Å². The first kappa shape index (κ1) is 41.5. The second kappa shape index (κ2) is 16.6. The van der Waals surface area contributed by atoms with Gasteiger partial charge in [-0.2, -0.15) is 10.5 Å². The van der Waals surface area contributed by atoms with E-state index < -0.39 is 0 Å². The van der Waals surface area contributed by atoms with Gasteiger partial charge in [0.1, 0.15) is 0 Å². The molecule has 13 rings (SSSR count). The third-order valence-electron chi connectivity index (χ3n) is 13.8. The van der Waals surface area contributed by atoms with Crippen LogP contribution in [0.4, 0.5) is 11.4 Å². The quantitative estimate of drug-likeness (QED) is 0.123. The van der Waals surface area contributed by atoms with Crippen molar-refractivity contribution >= 4 is 76.5 Å². The number of aromatic nitrogens is 4. The van der Waals surface area contributed by atoms with E-state index >= 15 is 0 Å². The normalized spacial score (nSPS) is 11.3. The summed E-state index contributed by atoms with van der Waals surface area (Å²) in [5, 5.41) is 27.7. The van der Waals surface area contributed by atoms with Gasteiger partial charge in [0.25, 0.3) is 0 Å². The molecule has 0 unspecified atom stereocenters. The Morgan fingerprint density at radius 3 is 1.18 bits per heavy atom. The third kappa shape index (κ3) is 6.57. The smallest absolute Gasteiger partial charge is 0.188 e. The topological polar surface area (TPSA) is 91.9 Å². The Labute approximate surface area is 413 Å². The number of hydrogen-bond donors (Lipinski definition) is 0. The van der Waals surface area contributed by atoms with E-state index in [9.17, 15) is 10.5 Å². The van der Waals surface area contributed by atoms with Crippen molar-refractivity contribution < 1.29 is 0 Å². The number of rotatable bonds is 6. The number of nitriles is 2. The van der Waals surface area contributed by atoms with Crippen molar-refractivity contribution in [1.82, 2.24) is 19.1 Å². The summed E-state index contributed by atoms with van der Waals surface area (Å²) in [7, 11) is 0. The van der Waals surface area contributed by atoms with Crippen LogP contribution in [0.2, 0.25) is 0 Å². The molecule has 0 spiro atoms. The Bertz CT molecular complexity index is 4170. The first-order chi connectivity index (χ1) is 35.5. The zero-order chi connectivity index (χ0) is 48.5. The van der Waals surface area contributed by atoms with E-state index in [1.807, 2.05) is 122 Å². The van der Waals surface area contributed by atoms with Crippen molar-refractivity contribution in [1.29, 1.82) is 10.5 Å². The van der Waals surface area contributed by atoms with Crippen LogP contribution in [0.15, 0.2) is 207 Å². The van der Waals surface area contributed by atoms with E-state index in [0.717, 1.165) is 121 Å². The van der Waals surface area contributed by atoms with Gasteiger partial charge in [-0.25, -0.2) is 9.69 Å². The molecule has 0 fully saturated rings. The average Bonchev–Trinajstić information content (AvgIpc) is 3.95. The minimum Gasteiger partial charge on any atom is -0.309 e. The number of benzene rings is 9. The molecule has 9 aromatic carbocycles. The summed E-state index contributed by atoms with van der Waals surface area (Å²) in [6.45, 7) is 15.7. The van der Waals surface area contributed by atoms with Gasteiger partial charge in [0.05, 0.1) is 69.9 Å². The minimum atomic E-state index is 0.529. The second-order valence-electron chi connectivity index (χ2n) is 17.8. The molecular weight excluding hydrogens is 881 g/mol. The number of nitrogens with zero attached hydrogens (tertiary/aromatic N) is 8. The van der Waals surface area contributed by atoms with Gasteiger partial charge < -0.3 is 9.13 Å². The highest BCUT2D eigenvalue weighted by molar-refractivity contribution is 6.23. The molecule has 4 aromatic heterocycles. The first-order valence-electron chi connectivity index (χ1n) is 23.3. The number of fused-ring (bicyclic) bond motifs is 8. The SMILES string of the molecule is [C-]#[N+]c1ccc2c(c1)c1cc(C#N)ccc1n2-c1ccc2c(-c3cccc(-c4ccccn4)c3)c3cc(-n4c5ccc(C#N)cc5c5cc([N+]#[C-])ccc54)ccc3c(-c3cccc(-c4ccccn4)c3)c2c1. The lowest BCUT2D eigenvalue weighted by Crippen LogP contribution is -1.98. The van der Waals surface area contributed by atoms with Gasteiger partial charge in [0, 0.05) is 45.7 Å². The molecule has 0 aliphatic carbocycles. The van der Waals surface area contributed by atoms with Gasteiger partial charge in [-0.3, -0.25) is 9.97 Å². The highest BCUT2D eigenvalue weighted by Crippen LogP contribution is 2.48. The Balaban J connectivity index is 1.17. The average molecular weight is 915 g/mol. The van der Waals surface area contributed by atoms with Crippen LogP contribution in [-0.2, 0) is 0 Å². The van der Waals surface area contributed by atoms with Gasteiger partial charge in [-0.05, 0) is 176 Å². The highest BCUT2D eigenvalue weighted by atomic mass is 15.0. The van der Waals surface area contributed by atoms with Crippen molar-refractivity contribution in [2.75, 3.05) is 0 Å². The van der Waals surface area contributed by atoms with Crippen molar-refractivity contribution in [3.63, 3.8) is 0 Å². The molecule has 330 valence electrons. The van der Waals surface area contributed by atoms with Crippen molar-refractivity contribution in [2.24, 2.45) is 0 Å². The molecule has 4 heterocycles. The van der Waals surface area contributed by atoms with Gasteiger partial charge in [0.15, 0.2) is 11.4 Å². The summed E-state index contributed by atoms with van der Waals surface area (Å²) in [6, 6.07) is 70.2. The van der Waals surface area contributed by atoms with Gasteiger partial charge >= 0.3 is 0 Å². The molecule has 13 aromatic rings. The predicted octanol–water partition coefficient (Wildman–Crippen LogP) is 16.5. The third-order valence-corrected chi connectivity index (χ3v) is 13.8. The molecule has 0 saturated heterocycles. The van der Waals surface area contributed by atoms with E-state index in [1.165, 1.54) is 0 Å². The predicted molar refractivity (Wildman–Crippen MR) is 289 cm³/mol. The molecule has 8 heteroatoms. The Hall–Kier alpha value is -10.6. The second-order valence-corrected chi connectivity index (χ2v) is 17.8. The summed E-state index contributed by atoms with van der Waals surface area (Å²) in [5.41, 5.74) is 15.5. The number of pyridine rings is 2. The summed E-state index contributed by atoms with van der Waals surface area (Å²) < 4.78 is 4.47. The molecule has 0 atom stereocenters. The maximum absolute atomic E-state index is 10.0.